The molecule has 1 aromatic carbocycles. The Balaban J connectivity index is 1.50. The summed E-state index contributed by atoms with van der Waals surface area (Å²) < 4.78 is 0. The number of carbonyl (C=O) groups excluding carboxylic acids is 1. The lowest BCUT2D eigenvalue weighted by atomic mass is 10.2. The van der Waals surface area contributed by atoms with E-state index in [1.807, 2.05) is 29.4 Å². The van der Waals surface area contributed by atoms with Gasteiger partial charge in [0.1, 0.15) is 5.01 Å². The summed E-state index contributed by atoms with van der Waals surface area (Å²) in [6, 6.07) is 10.3. The van der Waals surface area contributed by atoms with E-state index in [0.29, 0.717) is 12.3 Å². The number of thiazole rings is 1. The van der Waals surface area contributed by atoms with Gasteiger partial charge in [0.05, 0.1) is 5.69 Å². The Morgan fingerprint density at radius 2 is 1.96 bits per heavy atom. The van der Waals surface area contributed by atoms with Crippen LogP contribution in [0.2, 0.25) is 0 Å². The molecule has 2 aromatic rings. The number of amides is 1. The van der Waals surface area contributed by atoms with Gasteiger partial charge in [-0.1, -0.05) is 30.3 Å². The van der Waals surface area contributed by atoms with Crippen molar-refractivity contribution in [3.8, 4) is 10.6 Å². The van der Waals surface area contributed by atoms with Crippen LogP contribution in [-0.2, 0) is 11.3 Å². The van der Waals surface area contributed by atoms with Crippen LogP contribution in [0.5, 0.6) is 0 Å². The monoisotopic (exact) mass is 361 g/mol. The molecular formula is C18H23N3OS2. The predicted molar refractivity (Wildman–Crippen MR) is 102 cm³/mol. The van der Waals surface area contributed by atoms with Crippen LogP contribution < -0.4 is 0 Å². The first-order valence-corrected chi connectivity index (χ1v) is 10.5. The molecule has 4 nitrogen and oxygen atoms in total. The predicted octanol–water partition coefficient (Wildman–Crippen LogP) is 3.21. The molecule has 128 valence electrons. The Hall–Kier alpha value is -1.37. The van der Waals surface area contributed by atoms with E-state index in [4.69, 9.17) is 4.98 Å². The first kappa shape index (κ1) is 17.5. The van der Waals surface area contributed by atoms with Gasteiger partial charge in [0.15, 0.2) is 0 Å². The minimum atomic E-state index is 0.295. The lowest BCUT2D eigenvalue weighted by Gasteiger charge is -2.34. The second-order valence-corrected chi connectivity index (χ2v) is 7.75. The Kier molecular flexibility index (Phi) is 6.29. The van der Waals surface area contributed by atoms with Crippen LogP contribution in [0.4, 0.5) is 0 Å². The highest BCUT2D eigenvalue weighted by Crippen LogP contribution is 2.24. The second-order valence-electron chi connectivity index (χ2n) is 5.91. The van der Waals surface area contributed by atoms with Crippen molar-refractivity contribution in [3.05, 3.63) is 41.4 Å². The first-order chi connectivity index (χ1) is 11.8. The fraction of sp³-hybridized carbons (Fsp3) is 0.444. The highest BCUT2D eigenvalue weighted by Gasteiger charge is 2.21. The third-order valence-corrected chi connectivity index (χ3v) is 5.76. The standard InChI is InChI=1S/C18H23N3OS2/c1-23-12-7-17(22)21-10-8-20(9-11-21)13-16-14-24-18(19-16)15-5-3-2-4-6-15/h2-6,14H,7-13H2,1H3. The molecule has 6 heteroatoms. The average Bonchev–Trinajstić information content (AvgIpc) is 3.09. The van der Waals surface area contributed by atoms with E-state index in [0.717, 1.165) is 49.2 Å². The molecule has 0 atom stereocenters. The average molecular weight is 362 g/mol. The topological polar surface area (TPSA) is 36.4 Å². The Labute approximate surface area is 151 Å². The van der Waals surface area contributed by atoms with E-state index in [1.165, 1.54) is 5.56 Å². The maximum atomic E-state index is 12.1. The number of hydrogen-bond acceptors (Lipinski definition) is 5. The largest absolute Gasteiger partial charge is 0.340 e. The first-order valence-electron chi connectivity index (χ1n) is 8.25. The molecule has 0 saturated carbocycles. The van der Waals surface area contributed by atoms with Crippen LogP contribution in [0.15, 0.2) is 35.7 Å². The zero-order valence-corrected chi connectivity index (χ0v) is 15.6. The molecule has 1 saturated heterocycles. The molecule has 0 unspecified atom stereocenters. The van der Waals surface area contributed by atoms with Crippen LogP contribution >= 0.6 is 23.1 Å². The highest BCUT2D eigenvalue weighted by molar-refractivity contribution is 7.98. The van der Waals surface area contributed by atoms with Crippen molar-refractivity contribution in [3.63, 3.8) is 0 Å². The third kappa shape index (κ3) is 4.59. The zero-order chi connectivity index (χ0) is 16.8. The quantitative estimate of drug-likeness (QED) is 0.792. The molecule has 24 heavy (non-hydrogen) atoms. The van der Waals surface area contributed by atoms with Crippen LogP contribution in [0, 0.1) is 0 Å². The SMILES string of the molecule is CSCCC(=O)N1CCN(Cc2csc(-c3ccccc3)n2)CC1. The van der Waals surface area contributed by atoms with Crippen molar-refractivity contribution in [1.29, 1.82) is 0 Å². The van der Waals surface area contributed by atoms with Crippen molar-refractivity contribution in [2.75, 3.05) is 38.2 Å². The molecule has 0 spiro atoms. The maximum Gasteiger partial charge on any atom is 0.223 e. The summed E-state index contributed by atoms with van der Waals surface area (Å²) >= 11 is 3.43. The summed E-state index contributed by atoms with van der Waals surface area (Å²) in [5.41, 5.74) is 2.30. The van der Waals surface area contributed by atoms with E-state index in [2.05, 4.69) is 22.4 Å². The van der Waals surface area contributed by atoms with E-state index in [9.17, 15) is 4.79 Å². The van der Waals surface area contributed by atoms with Crippen LogP contribution in [0.25, 0.3) is 10.6 Å². The lowest BCUT2D eigenvalue weighted by molar-refractivity contribution is -0.132. The fourth-order valence-electron chi connectivity index (χ4n) is 2.82. The molecule has 0 N–H and O–H groups in total. The third-order valence-electron chi connectivity index (χ3n) is 4.20. The van der Waals surface area contributed by atoms with Gasteiger partial charge >= 0.3 is 0 Å². The number of thioether (sulfide) groups is 1. The van der Waals surface area contributed by atoms with Gasteiger partial charge in [-0.3, -0.25) is 9.69 Å². The lowest BCUT2D eigenvalue weighted by Crippen LogP contribution is -2.48. The van der Waals surface area contributed by atoms with Crippen molar-refractivity contribution >= 4 is 29.0 Å². The summed E-state index contributed by atoms with van der Waals surface area (Å²) in [5, 5.41) is 3.23. The minimum absolute atomic E-state index is 0.295. The van der Waals surface area contributed by atoms with Crippen LogP contribution in [-0.4, -0.2) is 58.9 Å². The van der Waals surface area contributed by atoms with Gasteiger partial charge < -0.3 is 4.90 Å². The number of piperazine rings is 1. The molecular weight excluding hydrogens is 338 g/mol. The molecule has 1 aliphatic heterocycles. The summed E-state index contributed by atoms with van der Waals surface area (Å²) in [6.45, 7) is 4.41. The molecule has 0 radical (unpaired) electrons. The minimum Gasteiger partial charge on any atom is -0.340 e. The van der Waals surface area contributed by atoms with Crippen molar-refractivity contribution in [1.82, 2.24) is 14.8 Å². The number of benzene rings is 1. The Bertz CT molecular complexity index is 651. The maximum absolute atomic E-state index is 12.1. The molecule has 1 amide bonds. The van der Waals surface area contributed by atoms with Crippen LogP contribution in [0.3, 0.4) is 0 Å². The number of rotatable bonds is 6. The van der Waals surface area contributed by atoms with Gasteiger partial charge in [-0.15, -0.1) is 11.3 Å². The van der Waals surface area contributed by atoms with Crippen molar-refractivity contribution in [2.24, 2.45) is 0 Å². The summed E-state index contributed by atoms with van der Waals surface area (Å²) in [6.07, 6.45) is 2.70. The normalized spacial score (nSPS) is 15.6. The van der Waals surface area contributed by atoms with E-state index >= 15 is 0 Å². The fourth-order valence-corrected chi connectivity index (χ4v) is 4.02. The molecule has 3 rings (SSSR count). The van der Waals surface area contributed by atoms with Gasteiger partial charge in [0.25, 0.3) is 0 Å². The van der Waals surface area contributed by atoms with Gasteiger partial charge in [-0.25, -0.2) is 4.98 Å². The van der Waals surface area contributed by atoms with Gasteiger partial charge in [0, 0.05) is 55.8 Å². The summed E-state index contributed by atoms with van der Waals surface area (Å²) in [7, 11) is 0. The molecule has 1 fully saturated rings. The van der Waals surface area contributed by atoms with Gasteiger partial charge in [0.2, 0.25) is 5.91 Å². The molecule has 1 aromatic heterocycles. The van der Waals surface area contributed by atoms with Gasteiger partial charge in [-0.05, 0) is 6.26 Å². The molecule has 0 bridgehead atoms. The number of aromatic nitrogens is 1. The van der Waals surface area contributed by atoms with E-state index < -0.39 is 0 Å². The van der Waals surface area contributed by atoms with Crippen molar-refractivity contribution < 1.29 is 4.79 Å². The van der Waals surface area contributed by atoms with E-state index in [-0.39, 0.29) is 0 Å². The number of carbonyl (C=O) groups is 1. The highest BCUT2D eigenvalue weighted by atomic mass is 32.2. The Morgan fingerprint density at radius 3 is 2.67 bits per heavy atom. The number of nitrogens with zero attached hydrogens (tertiary/aromatic N) is 3. The molecule has 0 aliphatic carbocycles. The molecule has 2 heterocycles. The zero-order valence-electron chi connectivity index (χ0n) is 14.0. The summed E-state index contributed by atoms with van der Waals surface area (Å²) in [5.74, 6) is 1.21. The van der Waals surface area contributed by atoms with Gasteiger partial charge in [-0.2, -0.15) is 11.8 Å². The van der Waals surface area contributed by atoms with E-state index in [1.54, 1.807) is 23.1 Å². The van der Waals surface area contributed by atoms with Crippen LogP contribution in [0.1, 0.15) is 12.1 Å². The molecule has 1 aliphatic rings. The number of hydrogen-bond donors (Lipinski definition) is 0. The summed E-state index contributed by atoms with van der Waals surface area (Å²) in [4.78, 5) is 21.2. The smallest absolute Gasteiger partial charge is 0.223 e. The second kappa shape index (κ2) is 8.65. The van der Waals surface area contributed by atoms with Crippen molar-refractivity contribution in [2.45, 2.75) is 13.0 Å². The Morgan fingerprint density at radius 1 is 1.21 bits per heavy atom.